The normalized spacial score (nSPS) is 13.2. The van der Waals surface area contributed by atoms with Gasteiger partial charge in [-0.25, -0.2) is 14.4 Å². The molecule has 0 spiro atoms. The lowest BCUT2D eigenvalue weighted by atomic mass is 9.98. The third kappa shape index (κ3) is 4.96. The highest BCUT2D eigenvalue weighted by Crippen LogP contribution is 2.27. The number of halogens is 1. The summed E-state index contributed by atoms with van der Waals surface area (Å²) < 4.78 is 14.0. The number of nitrogens with one attached hydrogen (secondary N) is 2. The minimum atomic E-state index is -0.510. The van der Waals surface area contributed by atoms with Gasteiger partial charge in [0.05, 0.1) is 5.56 Å². The molecule has 0 aliphatic carbocycles. The maximum absolute atomic E-state index is 14.0. The minimum absolute atomic E-state index is 0.0415. The second-order valence-corrected chi connectivity index (χ2v) is 7.63. The minimum Gasteiger partial charge on any atom is -0.337 e. The van der Waals surface area contributed by atoms with E-state index >= 15 is 0 Å². The summed E-state index contributed by atoms with van der Waals surface area (Å²) in [6.45, 7) is 4.60. The molecule has 1 aromatic heterocycles. The molecule has 0 radical (unpaired) electrons. The average Bonchev–Trinajstić information content (AvgIpc) is 2.82. The quantitative estimate of drug-likeness (QED) is 0.609. The van der Waals surface area contributed by atoms with E-state index in [1.165, 1.54) is 25.4 Å². The second-order valence-electron chi connectivity index (χ2n) is 7.63. The molecule has 2 heterocycles. The molecule has 33 heavy (non-hydrogen) atoms. The van der Waals surface area contributed by atoms with Crippen LogP contribution in [0, 0.1) is 24.1 Å². The molecule has 9 heteroatoms. The van der Waals surface area contributed by atoms with Gasteiger partial charge in [-0.05, 0) is 54.3 Å². The Hall–Kier alpha value is -4.32. The van der Waals surface area contributed by atoms with Gasteiger partial charge >= 0.3 is 0 Å². The van der Waals surface area contributed by atoms with E-state index in [9.17, 15) is 9.18 Å². The molecular formula is C24H22FN7O. The summed E-state index contributed by atoms with van der Waals surface area (Å²) in [4.78, 5) is 26.5. The number of nitriles is 1. The van der Waals surface area contributed by atoms with Gasteiger partial charge in [-0.3, -0.25) is 4.79 Å². The van der Waals surface area contributed by atoms with Crippen molar-refractivity contribution in [3.63, 3.8) is 0 Å². The highest BCUT2D eigenvalue weighted by molar-refractivity contribution is 5.90. The van der Waals surface area contributed by atoms with Gasteiger partial charge in [0.2, 0.25) is 17.8 Å². The number of amides is 1. The topological polar surface area (TPSA) is 107 Å². The lowest BCUT2D eigenvalue weighted by Gasteiger charge is -2.26. The zero-order valence-corrected chi connectivity index (χ0v) is 18.3. The summed E-state index contributed by atoms with van der Waals surface area (Å²) in [7, 11) is 0. The van der Waals surface area contributed by atoms with Gasteiger partial charge in [0.25, 0.3) is 0 Å². The highest BCUT2D eigenvalue weighted by Gasteiger charge is 2.17. The number of rotatable bonds is 5. The van der Waals surface area contributed by atoms with Gasteiger partial charge in [0, 0.05) is 31.4 Å². The molecule has 3 aromatic rings. The molecule has 1 amide bonds. The van der Waals surface area contributed by atoms with Crippen molar-refractivity contribution in [3.05, 3.63) is 71.3 Å². The van der Waals surface area contributed by atoms with Gasteiger partial charge in [-0.1, -0.05) is 18.2 Å². The molecular weight excluding hydrogens is 421 g/mol. The van der Waals surface area contributed by atoms with Crippen LogP contribution in [0.3, 0.4) is 0 Å². The van der Waals surface area contributed by atoms with E-state index in [0.717, 1.165) is 28.1 Å². The van der Waals surface area contributed by atoms with E-state index < -0.39 is 5.82 Å². The lowest BCUT2D eigenvalue weighted by molar-refractivity contribution is -0.114. The first-order chi connectivity index (χ1) is 15.9. The third-order valence-electron chi connectivity index (χ3n) is 5.40. The van der Waals surface area contributed by atoms with Crippen LogP contribution in [0.15, 0.2) is 48.8 Å². The molecule has 2 aromatic carbocycles. The summed E-state index contributed by atoms with van der Waals surface area (Å²) in [5, 5.41) is 14.9. The smallest absolute Gasteiger partial charge is 0.232 e. The molecule has 0 bridgehead atoms. The van der Waals surface area contributed by atoms with Gasteiger partial charge in [-0.15, -0.1) is 0 Å². The summed E-state index contributed by atoms with van der Waals surface area (Å²) in [5.41, 5.74) is 4.21. The first-order valence-corrected chi connectivity index (χ1v) is 10.4. The van der Waals surface area contributed by atoms with Crippen molar-refractivity contribution in [3.8, 4) is 6.07 Å². The Labute approximate surface area is 190 Å². The summed E-state index contributed by atoms with van der Waals surface area (Å²) in [6.07, 6.45) is 4.16. The zero-order valence-electron chi connectivity index (χ0n) is 18.3. The van der Waals surface area contributed by atoms with Crippen LogP contribution in [0.1, 0.15) is 30.0 Å². The zero-order chi connectivity index (χ0) is 23.4. The molecule has 0 saturated carbocycles. The monoisotopic (exact) mass is 443 g/mol. The van der Waals surface area contributed by atoms with E-state index in [1.807, 2.05) is 42.2 Å². The Kier molecular flexibility index (Phi) is 6.26. The maximum atomic E-state index is 14.0. The number of benzene rings is 2. The van der Waals surface area contributed by atoms with E-state index in [4.69, 9.17) is 5.26 Å². The van der Waals surface area contributed by atoms with Crippen LogP contribution in [0.2, 0.25) is 0 Å². The Morgan fingerprint density at radius 2 is 2.03 bits per heavy atom. The number of hydrogen-bond donors (Lipinski definition) is 2. The van der Waals surface area contributed by atoms with Gasteiger partial charge < -0.3 is 15.5 Å². The van der Waals surface area contributed by atoms with Crippen molar-refractivity contribution < 1.29 is 9.18 Å². The fourth-order valence-electron chi connectivity index (χ4n) is 3.64. The maximum Gasteiger partial charge on any atom is 0.232 e. The number of carbonyl (C=O) groups is 1. The third-order valence-corrected chi connectivity index (χ3v) is 5.40. The fourth-order valence-corrected chi connectivity index (χ4v) is 3.64. The standard InChI is InChI=1S/C24H22FN7O/c1-15-21(29-16(2)33)4-3-5-22(15)30-23-27-14-28-24(31-23)32-10-8-17(9-11-32)18-6-7-19(13-26)20(25)12-18/h3-8,12,14H,9-11H2,1-2H3,(H,29,33)(H,27,28,30,31). The fraction of sp³-hybridized carbons (Fsp3) is 0.208. The SMILES string of the molecule is CC(=O)Nc1cccc(Nc2ncnc(N3CC=C(c4ccc(C#N)c(F)c4)CC3)n2)c1C. The van der Waals surface area contributed by atoms with Crippen molar-refractivity contribution in [2.45, 2.75) is 20.3 Å². The molecule has 8 nitrogen and oxygen atoms in total. The van der Waals surface area contributed by atoms with Crippen LogP contribution in [0.25, 0.3) is 5.57 Å². The van der Waals surface area contributed by atoms with Gasteiger partial charge in [0.15, 0.2) is 0 Å². The predicted octanol–water partition coefficient (Wildman–Crippen LogP) is 4.19. The molecule has 2 N–H and O–H groups in total. The van der Waals surface area contributed by atoms with Crippen molar-refractivity contribution in [1.82, 2.24) is 15.0 Å². The molecule has 0 fully saturated rings. The molecule has 1 aliphatic heterocycles. The number of hydrogen-bond acceptors (Lipinski definition) is 7. The van der Waals surface area contributed by atoms with E-state index in [-0.39, 0.29) is 11.5 Å². The largest absolute Gasteiger partial charge is 0.337 e. The number of anilines is 4. The van der Waals surface area contributed by atoms with Crippen LogP contribution in [0.4, 0.5) is 27.7 Å². The Balaban J connectivity index is 1.49. The lowest BCUT2D eigenvalue weighted by Crippen LogP contribution is -2.30. The molecule has 0 saturated heterocycles. The van der Waals surface area contributed by atoms with E-state index in [1.54, 1.807) is 6.07 Å². The van der Waals surface area contributed by atoms with Crippen LogP contribution >= 0.6 is 0 Å². The van der Waals surface area contributed by atoms with Gasteiger partial charge in [-0.2, -0.15) is 10.2 Å². The predicted molar refractivity (Wildman–Crippen MR) is 125 cm³/mol. The van der Waals surface area contributed by atoms with Crippen molar-refractivity contribution >= 4 is 34.8 Å². The van der Waals surface area contributed by atoms with E-state index in [2.05, 4.69) is 25.6 Å². The Morgan fingerprint density at radius 1 is 1.21 bits per heavy atom. The number of carbonyl (C=O) groups excluding carboxylic acids is 1. The Morgan fingerprint density at radius 3 is 2.73 bits per heavy atom. The first-order valence-electron chi connectivity index (χ1n) is 10.4. The second kappa shape index (κ2) is 9.44. The first kappa shape index (κ1) is 21.9. The van der Waals surface area contributed by atoms with E-state index in [0.29, 0.717) is 31.4 Å². The molecule has 166 valence electrons. The number of aromatic nitrogens is 3. The Bertz CT molecular complexity index is 1280. The van der Waals surface area contributed by atoms with Gasteiger partial charge in [0.1, 0.15) is 18.2 Å². The molecule has 0 unspecified atom stereocenters. The molecule has 0 atom stereocenters. The highest BCUT2D eigenvalue weighted by atomic mass is 19.1. The average molecular weight is 443 g/mol. The van der Waals surface area contributed by atoms with Crippen LogP contribution in [-0.2, 0) is 4.79 Å². The van der Waals surface area contributed by atoms with Crippen LogP contribution in [-0.4, -0.2) is 33.9 Å². The van der Waals surface area contributed by atoms with Crippen LogP contribution in [0.5, 0.6) is 0 Å². The summed E-state index contributed by atoms with van der Waals surface area (Å²) in [5.74, 6) is 0.278. The summed E-state index contributed by atoms with van der Waals surface area (Å²) in [6, 6.07) is 12.1. The van der Waals surface area contributed by atoms with Crippen molar-refractivity contribution in [2.24, 2.45) is 0 Å². The van der Waals surface area contributed by atoms with Crippen LogP contribution < -0.4 is 15.5 Å². The van der Waals surface area contributed by atoms with Crippen molar-refractivity contribution in [1.29, 1.82) is 5.26 Å². The number of nitrogens with zero attached hydrogens (tertiary/aromatic N) is 5. The molecule has 1 aliphatic rings. The van der Waals surface area contributed by atoms with Crippen molar-refractivity contribution in [2.75, 3.05) is 28.6 Å². The summed E-state index contributed by atoms with van der Waals surface area (Å²) >= 11 is 0. The molecule has 4 rings (SSSR count).